The Bertz CT molecular complexity index is 796. The van der Waals surface area contributed by atoms with Crippen molar-refractivity contribution in [2.75, 3.05) is 31.1 Å². The van der Waals surface area contributed by atoms with E-state index in [1.54, 1.807) is 0 Å². The Morgan fingerprint density at radius 2 is 1.88 bits per heavy atom. The quantitative estimate of drug-likeness (QED) is 0.795. The standard InChI is InChI=1S/C20H22N4S/c1-15-11-16(2)22-18(12-15)13-20(25)24-9-7-23(8-10-24)19-6-4-3-5-17(19)14-21/h3-6,11-12H,7-10,13H2,1-2H3. The average molecular weight is 350 g/mol. The van der Waals surface area contributed by atoms with Gasteiger partial charge in [0, 0.05) is 44.0 Å². The maximum Gasteiger partial charge on any atom is 0.101 e. The van der Waals surface area contributed by atoms with Gasteiger partial charge in [0.1, 0.15) is 6.07 Å². The van der Waals surface area contributed by atoms with Gasteiger partial charge in [-0.1, -0.05) is 24.4 Å². The van der Waals surface area contributed by atoms with Crippen molar-refractivity contribution in [3.8, 4) is 6.07 Å². The van der Waals surface area contributed by atoms with Gasteiger partial charge in [-0.05, 0) is 43.7 Å². The zero-order valence-corrected chi connectivity index (χ0v) is 15.5. The van der Waals surface area contributed by atoms with E-state index in [-0.39, 0.29) is 0 Å². The highest BCUT2D eigenvalue weighted by atomic mass is 32.1. The molecule has 0 aliphatic carbocycles. The Labute approximate surface area is 154 Å². The molecule has 1 fully saturated rings. The summed E-state index contributed by atoms with van der Waals surface area (Å²) in [5.41, 5.74) is 5.06. The lowest BCUT2D eigenvalue weighted by Gasteiger charge is -2.37. The fraction of sp³-hybridized carbons (Fsp3) is 0.350. The minimum absolute atomic E-state index is 0.715. The molecule has 0 atom stereocenters. The molecule has 1 saturated heterocycles. The minimum atomic E-state index is 0.715. The Morgan fingerprint density at radius 1 is 1.16 bits per heavy atom. The number of anilines is 1. The lowest BCUT2D eigenvalue weighted by molar-refractivity contribution is 0.386. The number of aromatic nitrogens is 1. The van der Waals surface area contributed by atoms with Crippen molar-refractivity contribution in [3.63, 3.8) is 0 Å². The molecule has 128 valence electrons. The third-order valence-electron chi connectivity index (χ3n) is 4.48. The van der Waals surface area contributed by atoms with E-state index >= 15 is 0 Å². The van der Waals surface area contributed by atoms with Crippen molar-refractivity contribution in [3.05, 3.63) is 58.9 Å². The Hall–Kier alpha value is -2.45. The number of aryl methyl sites for hydroxylation is 2. The average Bonchev–Trinajstić information content (AvgIpc) is 2.61. The molecule has 0 saturated carbocycles. The third-order valence-corrected chi connectivity index (χ3v) is 4.88. The van der Waals surface area contributed by atoms with Crippen molar-refractivity contribution in [2.24, 2.45) is 0 Å². The summed E-state index contributed by atoms with van der Waals surface area (Å²) in [6.07, 6.45) is 0.715. The molecule has 0 radical (unpaired) electrons. The second-order valence-electron chi connectivity index (χ2n) is 6.45. The van der Waals surface area contributed by atoms with Gasteiger partial charge in [0.05, 0.1) is 16.2 Å². The Morgan fingerprint density at radius 3 is 2.56 bits per heavy atom. The molecule has 3 rings (SSSR count). The van der Waals surface area contributed by atoms with Crippen molar-refractivity contribution >= 4 is 22.9 Å². The maximum atomic E-state index is 9.28. The summed E-state index contributed by atoms with van der Waals surface area (Å²) in [5.74, 6) is 0. The van der Waals surface area contributed by atoms with E-state index in [1.165, 1.54) is 5.56 Å². The normalized spacial score (nSPS) is 14.3. The maximum absolute atomic E-state index is 9.28. The van der Waals surface area contributed by atoms with Crippen LogP contribution in [0.1, 0.15) is 22.5 Å². The van der Waals surface area contributed by atoms with Crippen LogP contribution in [-0.2, 0) is 6.42 Å². The van der Waals surface area contributed by atoms with Gasteiger partial charge >= 0.3 is 0 Å². The van der Waals surface area contributed by atoms with Crippen LogP contribution < -0.4 is 4.90 Å². The van der Waals surface area contributed by atoms with Crippen molar-refractivity contribution < 1.29 is 0 Å². The number of nitrogens with zero attached hydrogens (tertiary/aromatic N) is 4. The van der Waals surface area contributed by atoms with Gasteiger partial charge in [0.2, 0.25) is 0 Å². The van der Waals surface area contributed by atoms with Crippen molar-refractivity contribution in [1.29, 1.82) is 5.26 Å². The number of piperazine rings is 1. The van der Waals surface area contributed by atoms with Crippen LogP contribution in [0.2, 0.25) is 0 Å². The summed E-state index contributed by atoms with van der Waals surface area (Å²) >= 11 is 5.66. The minimum Gasteiger partial charge on any atom is -0.367 e. The van der Waals surface area contributed by atoms with E-state index in [4.69, 9.17) is 12.2 Å². The molecule has 1 aromatic heterocycles. The van der Waals surface area contributed by atoms with Crippen molar-refractivity contribution in [1.82, 2.24) is 9.88 Å². The van der Waals surface area contributed by atoms with Crippen LogP contribution in [0.15, 0.2) is 36.4 Å². The fourth-order valence-corrected chi connectivity index (χ4v) is 3.65. The van der Waals surface area contributed by atoms with Crippen LogP contribution in [-0.4, -0.2) is 41.1 Å². The number of hydrogen-bond donors (Lipinski definition) is 0. The van der Waals surface area contributed by atoms with Crippen LogP contribution in [0, 0.1) is 25.2 Å². The van der Waals surface area contributed by atoms with Crippen molar-refractivity contribution in [2.45, 2.75) is 20.3 Å². The second kappa shape index (κ2) is 7.62. The molecule has 0 unspecified atom stereocenters. The molecular formula is C20H22N4S. The fourth-order valence-electron chi connectivity index (χ4n) is 3.32. The van der Waals surface area contributed by atoms with Gasteiger partial charge in [-0.3, -0.25) is 4.98 Å². The number of hydrogen-bond acceptors (Lipinski definition) is 4. The lowest BCUT2D eigenvalue weighted by Crippen LogP contribution is -2.49. The predicted molar refractivity (Wildman–Crippen MR) is 105 cm³/mol. The Balaban J connectivity index is 1.62. The van der Waals surface area contributed by atoms with Crippen LogP contribution in [0.25, 0.3) is 0 Å². The number of thiocarbonyl (C=S) groups is 1. The summed E-state index contributed by atoms with van der Waals surface area (Å²) in [7, 11) is 0. The molecule has 1 aliphatic rings. The van der Waals surface area contributed by atoms with E-state index in [9.17, 15) is 5.26 Å². The van der Waals surface area contributed by atoms with Crippen LogP contribution >= 0.6 is 12.2 Å². The molecule has 0 N–H and O–H groups in total. The molecular weight excluding hydrogens is 328 g/mol. The summed E-state index contributed by atoms with van der Waals surface area (Å²) in [4.78, 5) is 10.1. The molecule has 5 heteroatoms. The molecule has 25 heavy (non-hydrogen) atoms. The van der Waals surface area contributed by atoms with Crippen LogP contribution in [0.3, 0.4) is 0 Å². The Kier molecular flexibility index (Phi) is 5.30. The molecule has 2 aromatic rings. The summed E-state index contributed by atoms with van der Waals surface area (Å²) in [5, 5.41) is 9.28. The molecule has 0 amide bonds. The van der Waals surface area contributed by atoms with Gasteiger partial charge in [-0.2, -0.15) is 5.26 Å². The van der Waals surface area contributed by atoms with Gasteiger partial charge in [0.15, 0.2) is 0 Å². The van der Waals surface area contributed by atoms with E-state index in [1.807, 2.05) is 31.2 Å². The first kappa shape index (κ1) is 17.4. The summed E-state index contributed by atoms with van der Waals surface area (Å²) in [6.45, 7) is 7.61. The highest BCUT2D eigenvalue weighted by Crippen LogP contribution is 2.21. The second-order valence-corrected chi connectivity index (χ2v) is 6.92. The smallest absolute Gasteiger partial charge is 0.101 e. The first-order chi connectivity index (χ1) is 12.1. The van der Waals surface area contributed by atoms with Gasteiger partial charge < -0.3 is 9.80 Å². The lowest BCUT2D eigenvalue weighted by atomic mass is 10.1. The van der Waals surface area contributed by atoms with Crippen LogP contribution in [0.5, 0.6) is 0 Å². The molecule has 0 bridgehead atoms. The van der Waals surface area contributed by atoms with E-state index in [0.717, 1.165) is 53.8 Å². The first-order valence-electron chi connectivity index (χ1n) is 8.53. The van der Waals surface area contributed by atoms with E-state index in [0.29, 0.717) is 6.42 Å². The van der Waals surface area contributed by atoms with E-state index in [2.05, 4.69) is 39.9 Å². The number of benzene rings is 1. The highest BCUT2D eigenvalue weighted by molar-refractivity contribution is 7.80. The van der Waals surface area contributed by atoms with Gasteiger partial charge in [0.25, 0.3) is 0 Å². The topological polar surface area (TPSA) is 43.2 Å². The SMILES string of the molecule is Cc1cc(C)nc(CC(=S)N2CCN(c3ccccc3C#N)CC2)c1. The largest absolute Gasteiger partial charge is 0.367 e. The zero-order chi connectivity index (χ0) is 17.8. The number of rotatable bonds is 3. The molecule has 1 aliphatic heterocycles. The number of para-hydroxylation sites is 1. The predicted octanol–water partition coefficient (Wildman–Crippen LogP) is 3.26. The molecule has 1 aromatic carbocycles. The van der Waals surface area contributed by atoms with Gasteiger partial charge in [-0.25, -0.2) is 0 Å². The number of pyridine rings is 1. The molecule has 2 heterocycles. The summed E-state index contributed by atoms with van der Waals surface area (Å²) < 4.78 is 0. The third kappa shape index (κ3) is 4.15. The monoisotopic (exact) mass is 350 g/mol. The highest BCUT2D eigenvalue weighted by Gasteiger charge is 2.21. The van der Waals surface area contributed by atoms with Gasteiger partial charge in [-0.15, -0.1) is 0 Å². The molecule has 0 spiro atoms. The molecule has 4 nitrogen and oxygen atoms in total. The number of nitriles is 1. The van der Waals surface area contributed by atoms with Crippen LogP contribution in [0.4, 0.5) is 5.69 Å². The van der Waals surface area contributed by atoms with E-state index < -0.39 is 0 Å². The first-order valence-corrected chi connectivity index (χ1v) is 8.93. The zero-order valence-electron chi connectivity index (χ0n) is 14.7. The summed E-state index contributed by atoms with van der Waals surface area (Å²) in [6, 6.07) is 14.3.